The van der Waals surface area contributed by atoms with Crippen molar-refractivity contribution < 1.29 is 9.53 Å². The van der Waals surface area contributed by atoms with Crippen LogP contribution >= 0.6 is 24.0 Å². The molecule has 2 atom stereocenters. The number of methoxy groups -OCH3 is 1. The maximum atomic E-state index is 12.0. The van der Waals surface area contributed by atoms with Gasteiger partial charge in [-0.1, -0.05) is 24.3 Å². The van der Waals surface area contributed by atoms with E-state index in [0.717, 1.165) is 51.3 Å². The molecule has 1 amide bonds. The third kappa shape index (κ3) is 6.07. The number of rotatable bonds is 5. The van der Waals surface area contributed by atoms with Crippen molar-refractivity contribution in [2.24, 2.45) is 10.9 Å². The smallest absolute Gasteiger partial charge is 0.243 e. The third-order valence-corrected chi connectivity index (χ3v) is 5.53. The lowest BCUT2D eigenvalue weighted by Gasteiger charge is -2.30. The Morgan fingerprint density at radius 3 is 2.75 bits per heavy atom. The van der Waals surface area contributed by atoms with Gasteiger partial charge in [0.1, 0.15) is 6.54 Å². The van der Waals surface area contributed by atoms with Gasteiger partial charge in [-0.25, -0.2) is 4.99 Å². The molecule has 1 aliphatic heterocycles. The van der Waals surface area contributed by atoms with Crippen LogP contribution in [0.25, 0.3) is 0 Å². The fourth-order valence-electron chi connectivity index (χ4n) is 3.92. The summed E-state index contributed by atoms with van der Waals surface area (Å²) in [6.45, 7) is 2.85. The number of halogens is 1. The fraction of sp³-hybridized carbons (Fsp3) is 0.619. The van der Waals surface area contributed by atoms with Crippen LogP contribution in [0.5, 0.6) is 0 Å². The molecule has 28 heavy (non-hydrogen) atoms. The van der Waals surface area contributed by atoms with Crippen molar-refractivity contribution in [1.29, 1.82) is 0 Å². The molecule has 1 aliphatic carbocycles. The summed E-state index contributed by atoms with van der Waals surface area (Å²) in [4.78, 5) is 20.6. The van der Waals surface area contributed by atoms with Crippen LogP contribution in [0.2, 0.25) is 0 Å². The zero-order valence-electron chi connectivity index (χ0n) is 17.2. The Hall–Kier alpha value is -1.35. The SMILES string of the molecule is COCC1CCN(C(=NCC(=O)N(C)C)NC2CCc3ccccc3C2)C1.I. The highest BCUT2D eigenvalue weighted by Crippen LogP contribution is 2.22. The van der Waals surface area contributed by atoms with Crippen molar-refractivity contribution in [2.45, 2.75) is 31.7 Å². The van der Waals surface area contributed by atoms with Gasteiger partial charge < -0.3 is 19.9 Å². The minimum atomic E-state index is 0. The van der Waals surface area contributed by atoms with Crippen LogP contribution in [-0.2, 0) is 22.4 Å². The van der Waals surface area contributed by atoms with Crippen molar-refractivity contribution in [3.05, 3.63) is 35.4 Å². The lowest BCUT2D eigenvalue weighted by atomic mass is 9.88. The summed E-state index contributed by atoms with van der Waals surface area (Å²) in [5, 5.41) is 3.66. The molecule has 0 radical (unpaired) electrons. The van der Waals surface area contributed by atoms with E-state index in [4.69, 9.17) is 4.74 Å². The van der Waals surface area contributed by atoms with Gasteiger partial charge in [0.25, 0.3) is 0 Å². The number of carbonyl (C=O) groups is 1. The van der Waals surface area contributed by atoms with E-state index in [1.807, 2.05) is 0 Å². The molecule has 0 saturated carbocycles. The van der Waals surface area contributed by atoms with Gasteiger partial charge in [-0.05, 0) is 36.8 Å². The standard InChI is InChI=1S/C21H32N4O2.HI/c1-24(2)20(26)13-22-21(25-11-10-16(14-25)15-27-3)23-19-9-8-17-6-4-5-7-18(17)12-19;/h4-7,16,19H,8-15H2,1-3H3,(H,22,23);1H. The fourth-order valence-corrected chi connectivity index (χ4v) is 3.92. The summed E-state index contributed by atoms with van der Waals surface area (Å²) in [6.07, 6.45) is 4.28. The molecule has 0 spiro atoms. The second-order valence-corrected chi connectivity index (χ2v) is 7.84. The van der Waals surface area contributed by atoms with Crippen LogP contribution in [0.15, 0.2) is 29.3 Å². The Labute approximate surface area is 185 Å². The summed E-state index contributed by atoms with van der Waals surface area (Å²) < 4.78 is 5.32. The number of fused-ring (bicyclic) bond motifs is 1. The van der Waals surface area contributed by atoms with Gasteiger partial charge in [0.05, 0.1) is 6.61 Å². The molecule has 156 valence electrons. The van der Waals surface area contributed by atoms with Crippen LogP contribution in [0.3, 0.4) is 0 Å². The normalized spacial score (nSPS) is 21.7. The van der Waals surface area contributed by atoms with Gasteiger partial charge in [0.15, 0.2) is 5.96 Å². The molecule has 1 N–H and O–H groups in total. The average molecular weight is 500 g/mol. The maximum absolute atomic E-state index is 12.0. The van der Waals surface area contributed by atoms with E-state index in [2.05, 4.69) is 39.5 Å². The first kappa shape index (κ1) is 22.9. The van der Waals surface area contributed by atoms with E-state index < -0.39 is 0 Å². The number of hydrogen-bond acceptors (Lipinski definition) is 3. The second-order valence-electron chi connectivity index (χ2n) is 7.84. The zero-order valence-corrected chi connectivity index (χ0v) is 19.5. The lowest BCUT2D eigenvalue weighted by molar-refractivity contribution is -0.127. The number of nitrogens with one attached hydrogen (secondary N) is 1. The second kappa shape index (κ2) is 11.0. The molecule has 0 aromatic heterocycles. The minimum absolute atomic E-state index is 0. The highest BCUT2D eigenvalue weighted by Gasteiger charge is 2.27. The third-order valence-electron chi connectivity index (χ3n) is 5.53. The van der Waals surface area contributed by atoms with Crippen LogP contribution in [0.1, 0.15) is 24.0 Å². The highest BCUT2D eigenvalue weighted by atomic mass is 127. The molecule has 2 unspecified atom stereocenters. The Bertz CT molecular complexity index is 680. The van der Waals surface area contributed by atoms with Gasteiger partial charge in [-0.3, -0.25) is 4.79 Å². The van der Waals surface area contributed by atoms with Gasteiger partial charge in [-0.15, -0.1) is 24.0 Å². The van der Waals surface area contributed by atoms with E-state index >= 15 is 0 Å². The van der Waals surface area contributed by atoms with E-state index in [9.17, 15) is 4.79 Å². The van der Waals surface area contributed by atoms with Gasteiger partial charge in [0.2, 0.25) is 5.91 Å². The molecule has 1 aromatic carbocycles. The first-order valence-corrected chi connectivity index (χ1v) is 9.88. The molecule has 0 bridgehead atoms. The molecule has 1 fully saturated rings. The molecule has 2 aliphatic rings. The molecule has 1 heterocycles. The number of amides is 1. The number of aryl methyl sites for hydroxylation is 1. The Balaban J connectivity index is 0.00000280. The number of nitrogens with zero attached hydrogens (tertiary/aromatic N) is 3. The number of carbonyl (C=O) groups excluding carboxylic acids is 1. The number of aliphatic imine (C=N–C) groups is 1. The summed E-state index contributed by atoms with van der Waals surface area (Å²) in [5.41, 5.74) is 2.88. The molecular formula is C21H33IN4O2. The molecular weight excluding hydrogens is 467 g/mol. The monoisotopic (exact) mass is 500 g/mol. The van der Waals surface area contributed by atoms with Crippen molar-refractivity contribution >= 4 is 35.8 Å². The number of ether oxygens (including phenoxy) is 1. The first-order valence-electron chi connectivity index (χ1n) is 9.88. The van der Waals surface area contributed by atoms with Gasteiger partial charge >= 0.3 is 0 Å². The number of hydrogen-bond donors (Lipinski definition) is 1. The summed E-state index contributed by atoms with van der Waals surface area (Å²) >= 11 is 0. The molecule has 6 nitrogen and oxygen atoms in total. The van der Waals surface area contributed by atoms with Gasteiger partial charge in [-0.2, -0.15) is 0 Å². The van der Waals surface area contributed by atoms with Crippen molar-refractivity contribution in [1.82, 2.24) is 15.1 Å². The van der Waals surface area contributed by atoms with Crippen molar-refractivity contribution in [2.75, 3.05) is 47.4 Å². The summed E-state index contributed by atoms with van der Waals surface area (Å²) in [7, 11) is 5.30. The largest absolute Gasteiger partial charge is 0.384 e. The van der Waals surface area contributed by atoms with E-state index in [-0.39, 0.29) is 36.4 Å². The number of likely N-dealkylation sites (N-methyl/N-ethyl adjacent to an activating group) is 1. The quantitative estimate of drug-likeness (QED) is 0.383. The minimum Gasteiger partial charge on any atom is -0.384 e. The Kier molecular flexibility index (Phi) is 9.01. The van der Waals surface area contributed by atoms with E-state index in [1.54, 1.807) is 26.1 Å². The van der Waals surface area contributed by atoms with Crippen LogP contribution < -0.4 is 5.32 Å². The number of likely N-dealkylation sites (tertiary alicyclic amines) is 1. The maximum Gasteiger partial charge on any atom is 0.243 e. The van der Waals surface area contributed by atoms with Crippen molar-refractivity contribution in [3.8, 4) is 0 Å². The average Bonchev–Trinajstić information content (AvgIpc) is 3.13. The molecule has 1 aromatic rings. The predicted molar refractivity (Wildman–Crippen MR) is 123 cm³/mol. The summed E-state index contributed by atoms with van der Waals surface area (Å²) in [5.74, 6) is 1.42. The topological polar surface area (TPSA) is 57.2 Å². The number of benzene rings is 1. The molecule has 7 heteroatoms. The van der Waals surface area contributed by atoms with E-state index in [0.29, 0.717) is 12.0 Å². The van der Waals surface area contributed by atoms with Crippen LogP contribution in [-0.4, -0.2) is 75.2 Å². The first-order chi connectivity index (χ1) is 13.1. The highest BCUT2D eigenvalue weighted by molar-refractivity contribution is 14.0. The zero-order chi connectivity index (χ0) is 19.2. The lowest BCUT2D eigenvalue weighted by Crippen LogP contribution is -2.47. The van der Waals surface area contributed by atoms with Crippen LogP contribution in [0.4, 0.5) is 0 Å². The molecule has 1 saturated heterocycles. The van der Waals surface area contributed by atoms with E-state index in [1.165, 1.54) is 11.1 Å². The number of guanidine groups is 1. The van der Waals surface area contributed by atoms with Crippen LogP contribution in [0, 0.1) is 5.92 Å². The Morgan fingerprint density at radius 1 is 1.29 bits per heavy atom. The molecule has 3 rings (SSSR count). The Morgan fingerprint density at radius 2 is 2.04 bits per heavy atom. The summed E-state index contributed by atoms with van der Waals surface area (Å²) in [6, 6.07) is 9.04. The predicted octanol–water partition coefficient (Wildman–Crippen LogP) is 2.16. The van der Waals surface area contributed by atoms with Crippen molar-refractivity contribution in [3.63, 3.8) is 0 Å². The van der Waals surface area contributed by atoms with Gasteiger partial charge in [0, 0.05) is 46.3 Å².